The molecule has 19 heavy (non-hydrogen) atoms. The van der Waals surface area contributed by atoms with Crippen LogP contribution in [0.3, 0.4) is 0 Å². The molecule has 1 aromatic carbocycles. The maximum atomic E-state index is 12.9. The van der Waals surface area contributed by atoms with E-state index in [4.69, 9.17) is 5.73 Å². The van der Waals surface area contributed by atoms with Crippen LogP contribution in [0.2, 0.25) is 0 Å². The zero-order valence-corrected chi connectivity index (χ0v) is 9.99. The fourth-order valence-corrected chi connectivity index (χ4v) is 1.84. The number of aromatic nitrogens is 3. The van der Waals surface area contributed by atoms with E-state index in [9.17, 15) is 4.39 Å². The Hall–Kier alpha value is -2.69. The second-order valence-electron chi connectivity index (χ2n) is 4.10. The highest BCUT2D eigenvalue weighted by atomic mass is 19.1. The lowest BCUT2D eigenvalue weighted by atomic mass is 10.2. The Morgan fingerprint density at radius 3 is 2.58 bits per heavy atom. The number of halogens is 1. The summed E-state index contributed by atoms with van der Waals surface area (Å²) >= 11 is 0. The van der Waals surface area contributed by atoms with E-state index in [1.807, 2.05) is 12.1 Å². The molecule has 0 aliphatic carbocycles. The number of nitrogens with two attached hydrogens (primary N) is 1. The first-order valence-corrected chi connectivity index (χ1v) is 5.75. The van der Waals surface area contributed by atoms with Gasteiger partial charge in [0.25, 0.3) is 0 Å². The Labute approximate surface area is 109 Å². The van der Waals surface area contributed by atoms with Gasteiger partial charge in [-0.25, -0.2) is 9.07 Å². The van der Waals surface area contributed by atoms with Gasteiger partial charge in [0.1, 0.15) is 11.5 Å². The molecule has 0 radical (unpaired) electrons. The smallest absolute Gasteiger partial charge is 0.123 e. The van der Waals surface area contributed by atoms with Crippen LogP contribution in [0.5, 0.6) is 0 Å². The maximum Gasteiger partial charge on any atom is 0.123 e. The zero-order chi connectivity index (χ0) is 13.2. The largest absolute Gasteiger partial charge is 0.396 e. The van der Waals surface area contributed by atoms with Crippen molar-refractivity contribution in [1.29, 1.82) is 0 Å². The summed E-state index contributed by atoms with van der Waals surface area (Å²) in [5.74, 6) is -0.281. The molecule has 0 saturated carbocycles. The summed E-state index contributed by atoms with van der Waals surface area (Å²) in [6.45, 7) is 0. The van der Waals surface area contributed by atoms with Gasteiger partial charge in [-0.15, -0.1) is 0 Å². The fraction of sp³-hybridized carbons (Fsp3) is 0. The van der Waals surface area contributed by atoms with Crippen molar-refractivity contribution in [2.75, 3.05) is 5.73 Å². The molecule has 0 unspecified atom stereocenters. The Kier molecular flexibility index (Phi) is 2.72. The summed E-state index contributed by atoms with van der Waals surface area (Å²) in [6, 6.07) is 9.78. The Morgan fingerprint density at radius 2 is 1.89 bits per heavy atom. The van der Waals surface area contributed by atoms with Crippen LogP contribution >= 0.6 is 0 Å². The van der Waals surface area contributed by atoms with Gasteiger partial charge in [0, 0.05) is 18.0 Å². The molecule has 0 spiro atoms. The minimum Gasteiger partial charge on any atom is -0.396 e. The lowest BCUT2D eigenvalue weighted by molar-refractivity contribution is 0.627. The highest BCUT2D eigenvalue weighted by Gasteiger charge is 2.09. The number of rotatable bonds is 2. The highest BCUT2D eigenvalue weighted by Crippen LogP contribution is 2.24. The van der Waals surface area contributed by atoms with Crippen molar-refractivity contribution < 1.29 is 4.39 Å². The first-order valence-electron chi connectivity index (χ1n) is 5.75. The van der Waals surface area contributed by atoms with E-state index in [1.165, 1.54) is 12.1 Å². The van der Waals surface area contributed by atoms with Crippen LogP contribution in [0.25, 0.3) is 16.9 Å². The SMILES string of the molecule is Nc1cn(-c2ccc(F)cc2)nc1-c1cccnc1. The molecule has 0 aliphatic heterocycles. The van der Waals surface area contributed by atoms with Crippen molar-refractivity contribution in [3.05, 3.63) is 60.8 Å². The number of hydrogen-bond donors (Lipinski definition) is 1. The maximum absolute atomic E-state index is 12.9. The van der Waals surface area contributed by atoms with E-state index in [0.29, 0.717) is 11.4 Å². The number of hydrogen-bond acceptors (Lipinski definition) is 3. The summed E-state index contributed by atoms with van der Waals surface area (Å²) in [5, 5.41) is 4.41. The van der Waals surface area contributed by atoms with Gasteiger partial charge in [-0.05, 0) is 36.4 Å². The van der Waals surface area contributed by atoms with Crippen LogP contribution < -0.4 is 5.73 Å². The minimum atomic E-state index is -0.281. The molecule has 3 rings (SSSR count). The molecule has 5 heteroatoms. The lowest BCUT2D eigenvalue weighted by Crippen LogP contribution is -1.94. The Bertz CT molecular complexity index is 689. The van der Waals surface area contributed by atoms with Crippen molar-refractivity contribution in [2.24, 2.45) is 0 Å². The van der Waals surface area contributed by atoms with Gasteiger partial charge in [0.05, 0.1) is 17.6 Å². The Balaban J connectivity index is 2.04. The Morgan fingerprint density at radius 1 is 1.11 bits per heavy atom. The van der Waals surface area contributed by atoms with E-state index < -0.39 is 0 Å². The molecule has 3 aromatic rings. The van der Waals surface area contributed by atoms with Crippen molar-refractivity contribution >= 4 is 5.69 Å². The number of pyridine rings is 1. The van der Waals surface area contributed by atoms with E-state index in [1.54, 1.807) is 35.4 Å². The monoisotopic (exact) mass is 254 g/mol. The number of nitrogens with zero attached hydrogens (tertiary/aromatic N) is 3. The van der Waals surface area contributed by atoms with Gasteiger partial charge in [0.15, 0.2) is 0 Å². The summed E-state index contributed by atoms with van der Waals surface area (Å²) in [4.78, 5) is 4.04. The third-order valence-electron chi connectivity index (χ3n) is 2.77. The molecule has 2 aromatic heterocycles. The molecule has 94 valence electrons. The van der Waals surface area contributed by atoms with Crippen molar-refractivity contribution in [3.63, 3.8) is 0 Å². The summed E-state index contributed by atoms with van der Waals surface area (Å²) in [5.41, 5.74) is 8.77. The second kappa shape index (κ2) is 4.53. The molecule has 0 amide bonds. The minimum absolute atomic E-state index is 0.281. The highest BCUT2D eigenvalue weighted by molar-refractivity contribution is 5.71. The zero-order valence-electron chi connectivity index (χ0n) is 9.99. The van der Waals surface area contributed by atoms with Gasteiger partial charge < -0.3 is 5.73 Å². The molecule has 0 bridgehead atoms. The van der Waals surface area contributed by atoms with E-state index in [-0.39, 0.29) is 5.82 Å². The molecular weight excluding hydrogens is 243 g/mol. The van der Waals surface area contributed by atoms with Gasteiger partial charge in [-0.3, -0.25) is 4.98 Å². The molecule has 0 fully saturated rings. The molecule has 0 atom stereocenters. The normalized spacial score (nSPS) is 10.6. The summed E-state index contributed by atoms with van der Waals surface area (Å²) in [7, 11) is 0. The summed E-state index contributed by atoms with van der Waals surface area (Å²) in [6.07, 6.45) is 5.10. The van der Waals surface area contributed by atoms with Crippen molar-refractivity contribution in [3.8, 4) is 16.9 Å². The molecule has 0 saturated heterocycles. The second-order valence-corrected chi connectivity index (χ2v) is 4.10. The standard InChI is InChI=1S/C14H11FN4/c15-11-3-5-12(6-4-11)19-9-13(16)14(18-19)10-2-1-7-17-8-10/h1-9H,16H2. The molecule has 2 heterocycles. The van der Waals surface area contributed by atoms with Crippen LogP contribution in [0.15, 0.2) is 55.0 Å². The van der Waals surface area contributed by atoms with E-state index in [0.717, 1.165) is 11.3 Å². The molecular formula is C14H11FN4. The summed E-state index contributed by atoms with van der Waals surface area (Å²) < 4.78 is 14.5. The predicted molar refractivity (Wildman–Crippen MR) is 71.2 cm³/mol. The average Bonchev–Trinajstić information content (AvgIpc) is 2.83. The topological polar surface area (TPSA) is 56.7 Å². The lowest BCUT2D eigenvalue weighted by Gasteiger charge is -2.00. The first-order chi connectivity index (χ1) is 9.24. The van der Waals surface area contributed by atoms with E-state index >= 15 is 0 Å². The number of nitrogen functional groups attached to an aromatic ring is 1. The molecule has 4 nitrogen and oxygen atoms in total. The van der Waals surface area contributed by atoms with Gasteiger partial charge in [-0.1, -0.05) is 0 Å². The number of anilines is 1. The third kappa shape index (κ3) is 2.18. The van der Waals surface area contributed by atoms with Crippen LogP contribution in [0.1, 0.15) is 0 Å². The van der Waals surface area contributed by atoms with Crippen LogP contribution in [-0.4, -0.2) is 14.8 Å². The van der Waals surface area contributed by atoms with Crippen molar-refractivity contribution in [2.45, 2.75) is 0 Å². The molecule has 2 N–H and O–H groups in total. The van der Waals surface area contributed by atoms with Crippen molar-refractivity contribution in [1.82, 2.24) is 14.8 Å². The number of benzene rings is 1. The van der Waals surface area contributed by atoms with Gasteiger partial charge in [-0.2, -0.15) is 5.10 Å². The molecule has 0 aliphatic rings. The van der Waals surface area contributed by atoms with Gasteiger partial charge >= 0.3 is 0 Å². The fourth-order valence-electron chi connectivity index (χ4n) is 1.84. The quantitative estimate of drug-likeness (QED) is 0.764. The predicted octanol–water partition coefficient (Wildman–Crippen LogP) is 2.66. The van der Waals surface area contributed by atoms with E-state index in [2.05, 4.69) is 10.1 Å². The average molecular weight is 254 g/mol. The van der Waals surface area contributed by atoms with Gasteiger partial charge in [0.2, 0.25) is 0 Å². The van der Waals surface area contributed by atoms with Crippen LogP contribution in [0, 0.1) is 5.82 Å². The third-order valence-corrected chi connectivity index (χ3v) is 2.77. The first kappa shape index (κ1) is 11.4. The van der Waals surface area contributed by atoms with Crippen LogP contribution in [-0.2, 0) is 0 Å². The van der Waals surface area contributed by atoms with Crippen LogP contribution in [0.4, 0.5) is 10.1 Å².